The lowest BCUT2D eigenvalue weighted by atomic mass is 10.2. The molecule has 114 valence electrons. The molecule has 0 radical (unpaired) electrons. The summed E-state index contributed by atoms with van der Waals surface area (Å²) in [7, 11) is 1.78. The number of halogens is 1. The predicted octanol–water partition coefficient (Wildman–Crippen LogP) is 2.46. The lowest BCUT2D eigenvalue weighted by Crippen LogP contribution is -2.27. The maximum Gasteiger partial charge on any atom is 0.275 e. The van der Waals surface area contributed by atoms with Crippen LogP contribution in [0.3, 0.4) is 0 Å². The third-order valence-electron chi connectivity index (χ3n) is 3.50. The molecule has 0 fully saturated rings. The molecule has 7 heteroatoms. The zero-order valence-electron chi connectivity index (χ0n) is 12.8. The molecule has 0 spiro atoms. The lowest BCUT2D eigenvalue weighted by molar-refractivity contribution is 0.0777. The van der Waals surface area contributed by atoms with Crippen LogP contribution in [0.25, 0.3) is 0 Å². The molecule has 6 nitrogen and oxygen atoms in total. The molecule has 0 aliphatic rings. The largest absolute Gasteiger partial charge is 0.336 e. The van der Waals surface area contributed by atoms with Gasteiger partial charge in [-0.25, -0.2) is 0 Å². The summed E-state index contributed by atoms with van der Waals surface area (Å²) in [5.74, 6) is -0.0993. The van der Waals surface area contributed by atoms with Crippen molar-refractivity contribution in [3.63, 3.8) is 0 Å². The Balaban J connectivity index is 2.15. The number of aromatic nitrogens is 4. The first kappa shape index (κ1) is 15.8. The highest BCUT2D eigenvalue weighted by atomic mass is 79.9. The number of hydrogen-bond donors (Lipinski definition) is 0. The minimum atomic E-state index is -0.0993. The summed E-state index contributed by atoms with van der Waals surface area (Å²) in [4.78, 5) is 14.1. The quantitative estimate of drug-likeness (QED) is 0.829. The Morgan fingerprint density at radius 2 is 2.10 bits per heavy atom. The van der Waals surface area contributed by atoms with Crippen molar-refractivity contribution in [1.29, 1.82) is 0 Å². The maximum absolute atomic E-state index is 12.5. The molecule has 2 aromatic heterocycles. The number of nitrogens with zero attached hydrogens (tertiary/aromatic N) is 5. The van der Waals surface area contributed by atoms with Crippen LogP contribution in [-0.2, 0) is 19.6 Å². The summed E-state index contributed by atoms with van der Waals surface area (Å²) < 4.78 is 4.39. The van der Waals surface area contributed by atoms with Crippen LogP contribution in [-0.4, -0.2) is 37.4 Å². The van der Waals surface area contributed by atoms with Gasteiger partial charge in [-0.15, -0.1) is 0 Å². The fourth-order valence-corrected chi connectivity index (χ4v) is 2.66. The highest BCUT2D eigenvalue weighted by Crippen LogP contribution is 2.18. The molecule has 2 rings (SSSR count). The highest BCUT2D eigenvalue weighted by Gasteiger charge is 2.20. The van der Waals surface area contributed by atoms with Crippen molar-refractivity contribution in [2.75, 3.05) is 7.05 Å². The molecule has 21 heavy (non-hydrogen) atoms. The van der Waals surface area contributed by atoms with Gasteiger partial charge < -0.3 is 4.90 Å². The monoisotopic (exact) mass is 353 g/mol. The van der Waals surface area contributed by atoms with Crippen LogP contribution in [0, 0.1) is 6.92 Å². The molecule has 0 saturated carbocycles. The van der Waals surface area contributed by atoms with Gasteiger partial charge in [0.05, 0.1) is 10.7 Å². The molecular formula is C14H20BrN5O. The molecule has 0 aliphatic carbocycles. The van der Waals surface area contributed by atoms with Crippen molar-refractivity contribution in [3.05, 3.63) is 33.8 Å². The van der Waals surface area contributed by atoms with Crippen LogP contribution in [0.1, 0.15) is 35.6 Å². The molecule has 0 bridgehead atoms. The standard InChI is InChI=1S/C14H20BrN5O/c1-5-19-9-12(15)13(17-19)14(21)18(4)8-11-7-16-20(6-2)10(11)3/h7,9H,5-6,8H2,1-4H3. The summed E-state index contributed by atoms with van der Waals surface area (Å²) in [6.07, 6.45) is 3.64. The smallest absolute Gasteiger partial charge is 0.275 e. The Bertz CT molecular complexity index is 646. The summed E-state index contributed by atoms with van der Waals surface area (Å²) in [5.41, 5.74) is 2.59. The van der Waals surface area contributed by atoms with Gasteiger partial charge in [-0.3, -0.25) is 14.2 Å². The normalized spacial score (nSPS) is 10.9. The molecule has 0 atom stereocenters. The molecule has 0 unspecified atom stereocenters. The van der Waals surface area contributed by atoms with Crippen LogP contribution in [0.15, 0.2) is 16.9 Å². The van der Waals surface area contributed by atoms with Gasteiger partial charge >= 0.3 is 0 Å². The number of carbonyl (C=O) groups is 1. The van der Waals surface area contributed by atoms with Gasteiger partial charge in [0.25, 0.3) is 5.91 Å². The molecule has 0 aliphatic heterocycles. The van der Waals surface area contributed by atoms with E-state index in [1.54, 1.807) is 16.6 Å². The zero-order chi connectivity index (χ0) is 15.6. The average molecular weight is 354 g/mol. The van der Waals surface area contributed by atoms with E-state index in [1.165, 1.54) is 0 Å². The van der Waals surface area contributed by atoms with Gasteiger partial charge in [0.1, 0.15) is 0 Å². The van der Waals surface area contributed by atoms with E-state index in [-0.39, 0.29) is 5.91 Å². The van der Waals surface area contributed by atoms with E-state index in [0.717, 1.165) is 28.8 Å². The molecule has 0 aromatic carbocycles. The Morgan fingerprint density at radius 1 is 1.38 bits per heavy atom. The highest BCUT2D eigenvalue weighted by molar-refractivity contribution is 9.10. The van der Waals surface area contributed by atoms with Gasteiger partial charge in [-0.2, -0.15) is 10.2 Å². The van der Waals surface area contributed by atoms with E-state index < -0.39 is 0 Å². The maximum atomic E-state index is 12.5. The minimum Gasteiger partial charge on any atom is -0.336 e. The lowest BCUT2D eigenvalue weighted by Gasteiger charge is -2.16. The van der Waals surface area contributed by atoms with Crippen LogP contribution >= 0.6 is 15.9 Å². The van der Waals surface area contributed by atoms with E-state index >= 15 is 0 Å². The first-order chi connectivity index (χ1) is 9.97. The second-order valence-corrected chi connectivity index (χ2v) is 5.77. The first-order valence-corrected chi connectivity index (χ1v) is 7.76. The van der Waals surface area contributed by atoms with Crippen LogP contribution in [0.4, 0.5) is 0 Å². The fraction of sp³-hybridized carbons (Fsp3) is 0.500. The van der Waals surface area contributed by atoms with Gasteiger partial charge in [0, 0.05) is 44.1 Å². The SMILES string of the molecule is CCn1cc(Br)c(C(=O)N(C)Cc2cnn(CC)c2C)n1. The van der Waals surface area contributed by atoms with Crippen molar-refractivity contribution < 1.29 is 4.79 Å². The zero-order valence-corrected chi connectivity index (χ0v) is 14.4. The van der Waals surface area contributed by atoms with Gasteiger partial charge in [-0.1, -0.05) is 0 Å². The topological polar surface area (TPSA) is 56.0 Å². The fourth-order valence-electron chi connectivity index (χ4n) is 2.17. The van der Waals surface area contributed by atoms with E-state index in [4.69, 9.17) is 0 Å². The number of hydrogen-bond acceptors (Lipinski definition) is 3. The number of amides is 1. The van der Waals surface area contributed by atoms with Gasteiger partial charge in [0.15, 0.2) is 5.69 Å². The molecule has 0 saturated heterocycles. The van der Waals surface area contributed by atoms with Crippen LogP contribution in [0.2, 0.25) is 0 Å². The van der Waals surface area contributed by atoms with Gasteiger partial charge in [0.2, 0.25) is 0 Å². The number of carbonyl (C=O) groups excluding carboxylic acids is 1. The Labute approximate surface area is 132 Å². The second kappa shape index (κ2) is 6.43. The molecule has 1 amide bonds. The second-order valence-electron chi connectivity index (χ2n) is 4.91. The van der Waals surface area contributed by atoms with E-state index in [2.05, 4.69) is 26.1 Å². The predicted molar refractivity (Wildman–Crippen MR) is 84.0 cm³/mol. The third kappa shape index (κ3) is 3.18. The number of rotatable bonds is 5. The summed E-state index contributed by atoms with van der Waals surface area (Å²) >= 11 is 3.39. The average Bonchev–Trinajstić information content (AvgIpc) is 3.01. The molecule has 0 N–H and O–H groups in total. The minimum absolute atomic E-state index is 0.0993. The van der Waals surface area contributed by atoms with Crippen molar-refractivity contribution in [2.45, 2.75) is 40.4 Å². The summed E-state index contributed by atoms with van der Waals surface area (Å²) in [5, 5.41) is 8.60. The first-order valence-electron chi connectivity index (χ1n) is 6.97. The summed E-state index contributed by atoms with van der Waals surface area (Å²) in [6, 6.07) is 0. The Kier molecular flexibility index (Phi) is 4.82. The summed E-state index contributed by atoms with van der Waals surface area (Å²) in [6.45, 7) is 8.14. The van der Waals surface area contributed by atoms with E-state index in [0.29, 0.717) is 12.2 Å². The van der Waals surface area contributed by atoms with E-state index in [1.807, 2.05) is 37.8 Å². The molecular weight excluding hydrogens is 334 g/mol. The van der Waals surface area contributed by atoms with Crippen LogP contribution in [0.5, 0.6) is 0 Å². The van der Waals surface area contributed by atoms with E-state index in [9.17, 15) is 4.79 Å². The van der Waals surface area contributed by atoms with Crippen molar-refractivity contribution in [2.24, 2.45) is 0 Å². The van der Waals surface area contributed by atoms with Crippen molar-refractivity contribution >= 4 is 21.8 Å². The van der Waals surface area contributed by atoms with Crippen LogP contribution < -0.4 is 0 Å². The molecule has 2 aromatic rings. The van der Waals surface area contributed by atoms with Crippen molar-refractivity contribution in [3.8, 4) is 0 Å². The Morgan fingerprint density at radius 3 is 2.62 bits per heavy atom. The van der Waals surface area contributed by atoms with Crippen molar-refractivity contribution in [1.82, 2.24) is 24.5 Å². The number of aryl methyl sites for hydroxylation is 2. The van der Waals surface area contributed by atoms with Gasteiger partial charge in [-0.05, 0) is 36.7 Å². The Hall–Kier alpha value is -1.63. The third-order valence-corrected chi connectivity index (χ3v) is 4.08. The molecule has 2 heterocycles.